The molecule has 0 aromatic carbocycles. The summed E-state index contributed by atoms with van der Waals surface area (Å²) in [5.74, 6) is -42.2. The van der Waals surface area contributed by atoms with E-state index in [-0.39, 0.29) is 51.6 Å². The third-order valence-electron chi connectivity index (χ3n) is 19.7. The minimum absolute atomic E-state index is 0.0396. The van der Waals surface area contributed by atoms with Crippen LogP contribution in [0, 0.1) is 23.2 Å². The number of primary amides is 4. The van der Waals surface area contributed by atoms with Gasteiger partial charge < -0.3 is 171 Å². The number of carbonyl (C=O) groups excluding carboxylic acids is 20. The first-order valence-corrected chi connectivity index (χ1v) is 42.9. The van der Waals surface area contributed by atoms with Crippen LogP contribution in [0.3, 0.4) is 0 Å². The predicted octanol–water partition coefficient (Wildman–Crippen LogP) is -14.2. The van der Waals surface area contributed by atoms with Gasteiger partial charge in [-0.2, -0.15) is 0 Å². The van der Waals surface area contributed by atoms with Crippen molar-refractivity contribution in [1.82, 2.24) is 90.4 Å². The van der Waals surface area contributed by atoms with Crippen molar-refractivity contribution in [3.05, 3.63) is 0 Å². The lowest BCUT2D eigenvalue weighted by molar-refractivity contribution is -0.144. The summed E-state index contributed by atoms with van der Waals surface area (Å²) in [6.45, 7) is 6.93. The molecule has 0 unspecified atom stereocenters. The summed E-state index contributed by atoms with van der Waals surface area (Å²) in [7, 11) is 0. The van der Waals surface area contributed by atoms with E-state index in [0.29, 0.717) is 0 Å². The molecule has 0 saturated heterocycles. The number of guanidine groups is 1. The number of nitrogens with two attached hydrogens (primary N) is 7. The van der Waals surface area contributed by atoms with Gasteiger partial charge in [-0.15, -0.1) is 0 Å². The fourth-order valence-electron chi connectivity index (χ4n) is 12.5. The topological polar surface area (TPSA) is 1030 Å². The van der Waals surface area contributed by atoms with Crippen LogP contribution in [0.5, 0.6) is 0 Å². The predicted molar refractivity (Wildman–Crippen MR) is 468 cm³/mol. The first-order valence-electron chi connectivity index (χ1n) is 42.9. The van der Waals surface area contributed by atoms with Crippen molar-refractivity contribution in [2.45, 2.75) is 273 Å². The molecule has 0 spiro atoms. The molecular formula is C78H127N25O35. The van der Waals surface area contributed by atoms with Gasteiger partial charge in [0, 0.05) is 25.8 Å². The number of hydrogen-bond acceptors (Lipinski definition) is 31. The monoisotopic (exact) mass is 1970 g/mol. The fraction of sp³-hybridized carbons (Fsp3) is 0.641. The number of aliphatic carboxylic acids is 7. The van der Waals surface area contributed by atoms with Gasteiger partial charge >= 0.3 is 41.8 Å². The zero-order valence-electron chi connectivity index (χ0n) is 76.3. The van der Waals surface area contributed by atoms with E-state index in [9.17, 15) is 170 Å². The van der Waals surface area contributed by atoms with Gasteiger partial charge in [0.1, 0.15) is 96.7 Å². The first-order chi connectivity index (χ1) is 64.3. The average Bonchev–Trinajstić information content (AvgIpc) is 0.923. The highest BCUT2D eigenvalue weighted by molar-refractivity contribution is 6.04. The molecule has 138 heavy (non-hydrogen) atoms. The summed E-state index contributed by atoms with van der Waals surface area (Å²) in [5, 5.41) is 122. The maximum Gasteiger partial charge on any atom is 0.326 e. The second kappa shape index (κ2) is 63.2. The molecule has 0 rings (SSSR count). The van der Waals surface area contributed by atoms with Crippen molar-refractivity contribution in [2.75, 3.05) is 26.2 Å². The van der Waals surface area contributed by atoms with Crippen LogP contribution in [0.25, 0.3) is 0 Å². The molecule has 0 saturated carbocycles. The van der Waals surface area contributed by atoms with Crippen LogP contribution in [0.4, 0.5) is 0 Å². The number of carboxylic acids is 7. The Labute approximate surface area is 786 Å². The lowest BCUT2D eigenvalue weighted by Crippen LogP contribution is -2.62. The zero-order chi connectivity index (χ0) is 106. The number of hydrogen-bond donors (Lipinski definition) is 33. The van der Waals surface area contributed by atoms with Gasteiger partial charge in [0.2, 0.25) is 118 Å². The van der Waals surface area contributed by atoms with Gasteiger partial charge in [0.15, 0.2) is 5.96 Å². The number of amides is 20. The summed E-state index contributed by atoms with van der Waals surface area (Å²) < 4.78 is 0. The first kappa shape index (κ1) is 123. The average molecular weight is 1980 g/mol. The quantitative estimate of drug-likeness (QED) is 0.0153. The number of aliphatic hydroxyl groups is 1. The third-order valence-corrected chi connectivity index (χ3v) is 19.7. The summed E-state index contributed by atoms with van der Waals surface area (Å²) in [4.78, 5) is 357. The fourth-order valence-corrected chi connectivity index (χ4v) is 12.5. The van der Waals surface area contributed by atoms with Gasteiger partial charge in [-0.1, -0.05) is 48.0 Å². The normalized spacial score (nSPS) is 14.6. The molecule has 0 aliphatic heterocycles. The van der Waals surface area contributed by atoms with Crippen molar-refractivity contribution >= 4 is 166 Å². The summed E-state index contributed by atoms with van der Waals surface area (Å²) in [5.41, 5.74) is 37.6. The third kappa shape index (κ3) is 50.2. The molecular weight excluding hydrogens is 1850 g/mol. The number of carboxylic acid groups (broad SMARTS) is 7. The van der Waals surface area contributed by atoms with E-state index in [2.05, 4.69) is 63.8 Å². The smallest absolute Gasteiger partial charge is 0.326 e. The van der Waals surface area contributed by atoms with Gasteiger partial charge in [-0.25, -0.2) is 4.79 Å². The van der Waals surface area contributed by atoms with Crippen LogP contribution in [0.1, 0.15) is 176 Å². The molecule has 0 aliphatic carbocycles. The van der Waals surface area contributed by atoms with Crippen molar-refractivity contribution < 1.29 is 170 Å². The largest absolute Gasteiger partial charge is 0.481 e. The molecule has 0 aromatic heterocycles. The Kier molecular flexibility index (Phi) is 56.2. The van der Waals surface area contributed by atoms with Crippen molar-refractivity contribution in [1.29, 1.82) is 5.41 Å². The van der Waals surface area contributed by atoms with Crippen LogP contribution >= 0.6 is 0 Å². The molecule has 60 heteroatoms. The van der Waals surface area contributed by atoms with Crippen LogP contribution in [-0.2, 0) is 129 Å². The molecule has 0 aromatic rings. The molecule has 0 bridgehead atoms. The molecule has 60 nitrogen and oxygen atoms in total. The van der Waals surface area contributed by atoms with E-state index in [0.717, 1.165) is 0 Å². The molecule has 17 atom stereocenters. The summed E-state index contributed by atoms with van der Waals surface area (Å²) >= 11 is 0. The second-order valence-corrected chi connectivity index (χ2v) is 32.4. The molecule has 0 radical (unpaired) electrons. The Morgan fingerprint density at radius 1 is 0.283 bits per heavy atom. The van der Waals surface area contributed by atoms with Gasteiger partial charge in [0.25, 0.3) is 0 Å². The molecule has 774 valence electrons. The van der Waals surface area contributed by atoms with E-state index in [1.165, 1.54) is 34.6 Å². The molecule has 40 N–H and O–H groups in total. The van der Waals surface area contributed by atoms with Crippen LogP contribution in [0.15, 0.2) is 0 Å². The number of unbranched alkanes of at least 4 members (excludes halogenated alkanes) is 1. The van der Waals surface area contributed by atoms with E-state index < -0.39 is 390 Å². The Morgan fingerprint density at radius 3 is 0.833 bits per heavy atom. The Morgan fingerprint density at radius 2 is 0.543 bits per heavy atom. The standard InChI is InChI=1S/C78H127N25O35/c1-7-34(6)61(76(136)92-36(12-10-20-87-78(85)86)62(122)96-43(25-56(112)113)69(129)89-35(11-8-9-19-79)63(123)102-49(31-104)75(135)101-48(77(137)138)24-53(84)108)103-74(134)41(22-33(4)5)94-70(130)44(26-57(114)115)98-66(126)39(14-17-51(82)106)91-68(128)42(23-52(83)107)95-72(132)45(27-58(116)117)99-65(125)38(13-16-50(81)105)90-67(127)40(21-32(2)3)93-71(131)47(29-60(120)121)100-73(133)46(28-59(118)119)97-64(124)37(15-18-55(110)111)88-54(109)30-80/h32-49,61,104H,7-31,79-80H2,1-6H3,(H2,81,105)(H2,82,106)(H2,83,107)(H2,84,108)(H,88,109)(H,89,129)(H,90,127)(H,91,128)(H,92,136)(H,93,131)(H,94,130)(H,95,132)(H,96,122)(H,97,124)(H,98,126)(H,99,125)(H,100,133)(H,101,135)(H,102,123)(H,103,134)(H,110,111)(H,112,113)(H,114,115)(H,116,117)(H,118,119)(H,120,121)(H,137,138)(H4,85,86,87)/t34-,35-,36-,37-,38-,39-,40-,41-,42-,43-,44-,45-,46-,47-,48-,49-,61-/m0/s1. The minimum Gasteiger partial charge on any atom is -0.481 e. The number of carbonyl (C=O) groups is 27. The highest BCUT2D eigenvalue weighted by atomic mass is 16.4. The van der Waals surface area contributed by atoms with Crippen LogP contribution in [0.2, 0.25) is 0 Å². The van der Waals surface area contributed by atoms with E-state index in [4.69, 9.17) is 45.5 Å². The van der Waals surface area contributed by atoms with Crippen molar-refractivity contribution in [3.63, 3.8) is 0 Å². The molecule has 20 amide bonds. The van der Waals surface area contributed by atoms with Gasteiger partial charge in [-0.05, 0) is 88.5 Å². The summed E-state index contributed by atoms with van der Waals surface area (Å²) in [6.07, 6.45) is -15.0. The maximum absolute atomic E-state index is 14.7. The van der Waals surface area contributed by atoms with Crippen LogP contribution in [-0.4, -0.2) is 330 Å². The van der Waals surface area contributed by atoms with Crippen molar-refractivity contribution in [2.24, 2.45) is 57.9 Å². The van der Waals surface area contributed by atoms with E-state index >= 15 is 0 Å². The minimum atomic E-state index is -2.41. The lowest BCUT2D eigenvalue weighted by atomic mass is 9.96. The Hall–Kier alpha value is -15.2. The zero-order valence-corrected chi connectivity index (χ0v) is 76.3. The van der Waals surface area contributed by atoms with Crippen LogP contribution < -0.4 is 131 Å². The highest BCUT2D eigenvalue weighted by Crippen LogP contribution is 2.17. The second-order valence-electron chi connectivity index (χ2n) is 32.4. The van der Waals surface area contributed by atoms with Gasteiger partial charge in [-0.3, -0.25) is 130 Å². The SMILES string of the molecule is CC[C@H](C)[C@H](NC(=O)[C@H](CC(C)C)NC(=O)[C@H](CC(=O)O)NC(=O)[C@H](CCC(N)=O)NC(=O)[C@H](CC(N)=O)NC(=O)[C@H](CC(=O)O)NC(=O)[C@H](CCC(N)=O)NC(=O)[C@H](CC(C)C)NC(=O)[C@H](CC(=O)O)NC(=O)[C@H](CC(=O)O)NC(=O)[C@H](CCC(=O)O)NC(=O)CN)C(=O)N[C@@H](CCCNC(=N)N)C(=O)N[C@@H](CC(=O)O)C(=O)N[C@@H](CCCCN)C(=O)N[C@@H](CO)C(=O)N[C@@H](CC(N)=O)C(=O)O. The number of rotatable bonds is 71. The number of aliphatic hydroxyl groups excluding tert-OH is 1. The van der Waals surface area contributed by atoms with Crippen molar-refractivity contribution in [3.8, 4) is 0 Å². The molecule has 0 aliphatic rings. The molecule has 0 heterocycles. The van der Waals surface area contributed by atoms with Gasteiger partial charge in [0.05, 0.1) is 58.1 Å². The van der Waals surface area contributed by atoms with E-state index in [1.807, 2.05) is 26.6 Å². The maximum atomic E-state index is 14.7. The highest BCUT2D eigenvalue weighted by Gasteiger charge is 2.42. The Balaban J connectivity index is 7.57. The van der Waals surface area contributed by atoms with E-state index in [1.54, 1.807) is 6.92 Å². The molecule has 0 fully saturated rings. The lowest BCUT2D eigenvalue weighted by Gasteiger charge is -2.30. The Bertz CT molecular complexity index is 4380. The summed E-state index contributed by atoms with van der Waals surface area (Å²) in [6, 6.07) is -32.5. The number of nitrogens with one attached hydrogen (secondary N) is 18.